The lowest BCUT2D eigenvalue weighted by Gasteiger charge is -2.50. The summed E-state index contributed by atoms with van der Waals surface area (Å²) >= 11 is 0. The van der Waals surface area contributed by atoms with Gasteiger partial charge in [-0.3, -0.25) is 0 Å². The first-order valence-corrected chi connectivity index (χ1v) is 6.05. The maximum absolute atomic E-state index is 14.1. The Hall–Kier alpha value is -1.87. The Balaban J connectivity index is 2.09. The Morgan fingerprint density at radius 3 is 2.65 bits per heavy atom. The molecule has 0 amide bonds. The van der Waals surface area contributed by atoms with Crippen LogP contribution in [0.25, 0.3) is 11.2 Å². The first-order valence-electron chi connectivity index (χ1n) is 6.05. The highest BCUT2D eigenvalue weighted by Crippen LogP contribution is 2.56. The van der Waals surface area contributed by atoms with Crippen molar-refractivity contribution in [3.8, 4) is 0 Å². The minimum atomic E-state index is -3.14. The number of aromatic nitrogens is 4. The monoisotopic (exact) mass is 285 g/mol. The van der Waals surface area contributed by atoms with E-state index in [1.807, 2.05) is 0 Å². The van der Waals surface area contributed by atoms with Gasteiger partial charge in [-0.2, -0.15) is 0 Å². The summed E-state index contributed by atoms with van der Waals surface area (Å²) in [4.78, 5) is 11.6. The van der Waals surface area contributed by atoms with Crippen molar-refractivity contribution in [2.75, 3.05) is 18.9 Å². The van der Waals surface area contributed by atoms with Gasteiger partial charge in [0.2, 0.25) is 0 Å². The van der Waals surface area contributed by atoms with Crippen molar-refractivity contribution in [1.82, 2.24) is 19.5 Å². The van der Waals surface area contributed by atoms with E-state index in [2.05, 4.69) is 15.0 Å². The van der Waals surface area contributed by atoms with E-state index >= 15 is 0 Å². The van der Waals surface area contributed by atoms with E-state index in [9.17, 15) is 13.9 Å². The summed E-state index contributed by atoms with van der Waals surface area (Å²) in [5.74, 6) is -5.07. The van der Waals surface area contributed by atoms with Gasteiger partial charge in [0.25, 0.3) is 5.92 Å². The summed E-state index contributed by atoms with van der Waals surface area (Å²) in [6.07, 6.45) is 2.38. The third-order valence-corrected chi connectivity index (χ3v) is 3.91. The van der Waals surface area contributed by atoms with Crippen molar-refractivity contribution < 1.29 is 19.0 Å². The van der Waals surface area contributed by atoms with Crippen LogP contribution in [0.1, 0.15) is 6.04 Å². The number of nitrogens with two attached hydrogens (primary N) is 1. The first kappa shape index (κ1) is 13.1. The number of hydrogen-bond donors (Lipinski definition) is 3. The topological polar surface area (TPSA) is 110 Å². The van der Waals surface area contributed by atoms with E-state index in [1.165, 1.54) is 17.2 Å². The number of halogens is 2. The molecule has 0 spiro atoms. The minimum Gasteiger partial charge on any atom is -0.396 e. The first-order chi connectivity index (χ1) is 9.52. The zero-order valence-electron chi connectivity index (χ0n) is 10.3. The maximum atomic E-state index is 14.1. The second kappa shape index (κ2) is 4.32. The predicted molar refractivity (Wildman–Crippen MR) is 64.9 cm³/mol. The minimum absolute atomic E-state index is 0.107. The van der Waals surface area contributed by atoms with E-state index in [0.29, 0.717) is 0 Å². The van der Waals surface area contributed by atoms with Gasteiger partial charge in [0, 0.05) is 12.5 Å². The number of aliphatic hydroxyl groups excluding tert-OH is 2. The van der Waals surface area contributed by atoms with Gasteiger partial charge >= 0.3 is 0 Å². The van der Waals surface area contributed by atoms with Gasteiger partial charge in [0.05, 0.1) is 18.9 Å². The molecule has 20 heavy (non-hydrogen) atoms. The Bertz CT molecular complexity index is 647. The third-order valence-electron chi connectivity index (χ3n) is 3.91. The summed E-state index contributed by atoms with van der Waals surface area (Å²) < 4.78 is 29.4. The number of fused-ring (bicyclic) bond motifs is 1. The molecule has 0 radical (unpaired) electrons. The highest BCUT2D eigenvalue weighted by atomic mass is 19.3. The van der Waals surface area contributed by atoms with Crippen LogP contribution in [0.2, 0.25) is 0 Å². The quantitative estimate of drug-likeness (QED) is 0.721. The van der Waals surface area contributed by atoms with Crippen LogP contribution in [0.5, 0.6) is 0 Å². The SMILES string of the molecule is Nc1ncnc2c1ncn2[C@H]1[C@H](CO)[C@@H](CO)C1(F)F. The molecule has 108 valence electrons. The van der Waals surface area contributed by atoms with Crippen molar-refractivity contribution in [2.24, 2.45) is 11.8 Å². The Kier molecular flexibility index (Phi) is 2.83. The van der Waals surface area contributed by atoms with Crippen LogP contribution in [0, 0.1) is 11.8 Å². The van der Waals surface area contributed by atoms with Crippen LogP contribution in [-0.4, -0.2) is 48.9 Å². The molecule has 1 saturated carbocycles. The van der Waals surface area contributed by atoms with Crippen LogP contribution < -0.4 is 5.73 Å². The normalized spacial score (nSPS) is 28.5. The third kappa shape index (κ3) is 1.53. The van der Waals surface area contributed by atoms with Crippen LogP contribution in [0.4, 0.5) is 14.6 Å². The molecule has 2 heterocycles. The molecule has 0 aromatic carbocycles. The fourth-order valence-electron chi connectivity index (χ4n) is 2.84. The molecule has 0 aliphatic heterocycles. The number of nitrogens with zero attached hydrogens (tertiary/aromatic N) is 4. The second-order valence-corrected chi connectivity index (χ2v) is 4.84. The van der Waals surface area contributed by atoms with Crippen molar-refractivity contribution in [1.29, 1.82) is 0 Å². The molecule has 4 N–H and O–H groups in total. The molecule has 1 aliphatic carbocycles. The number of hydrogen-bond acceptors (Lipinski definition) is 6. The summed E-state index contributed by atoms with van der Waals surface area (Å²) in [6.45, 7) is -1.13. The lowest BCUT2D eigenvalue weighted by atomic mass is 9.66. The molecular formula is C11H13F2N5O2. The van der Waals surface area contributed by atoms with Gasteiger partial charge in [-0.25, -0.2) is 23.7 Å². The van der Waals surface area contributed by atoms with Crippen LogP contribution in [0.3, 0.4) is 0 Å². The predicted octanol–water partition coefficient (Wildman–Crippen LogP) is -0.184. The molecule has 0 bridgehead atoms. The second-order valence-electron chi connectivity index (χ2n) is 4.84. The molecule has 3 atom stereocenters. The standard InChI is InChI=1S/C11H13F2N5O2/c12-11(13)6(2-20)5(1-19)8(11)18-4-17-7-9(14)15-3-16-10(7)18/h3-6,8,19-20H,1-2H2,(H2,14,15,16)/t5-,6-,8+/m1/s1. The van der Waals surface area contributed by atoms with Gasteiger partial charge in [-0.15, -0.1) is 0 Å². The maximum Gasteiger partial charge on any atom is 0.274 e. The molecule has 2 aromatic heterocycles. The number of anilines is 1. The average molecular weight is 285 g/mol. The number of alkyl halides is 2. The van der Waals surface area contributed by atoms with Crippen molar-refractivity contribution in [2.45, 2.75) is 12.0 Å². The van der Waals surface area contributed by atoms with Crippen LogP contribution in [-0.2, 0) is 0 Å². The number of rotatable bonds is 3. The molecule has 0 unspecified atom stereocenters. The summed E-state index contributed by atoms with van der Waals surface area (Å²) in [7, 11) is 0. The Morgan fingerprint density at radius 2 is 2.00 bits per heavy atom. The molecule has 1 aliphatic rings. The van der Waals surface area contributed by atoms with Crippen LogP contribution >= 0.6 is 0 Å². The highest BCUT2D eigenvalue weighted by Gasteiger charge is 2.65. The fourth-order valence-corrected chi connectivity index (χ4v) is 2.84. The molecule has 9 heteroatoms. The summed E-state index contributed by atoms with van der Waals surface area (Å²) in [6, 6.07) is -1.30. The molecule has 0 saturated heterocycles. The number of aliphatic hydroxyl groups is 2. The van der Waals surface area contributed by atoms with Gasteiger partial charge in [-0.05, 0) is 0 Å². The Labute approximate surface area is 112 Å². The van der Waals surface area contributed by atoms with Crippen molar-refractivity contribution in [3.05, 3.63) is 12.7 Å². The van der Waals surface area contributed by atoms with E-state index in [1.54, 1.807) is 0 Å². The molecule has 3 rings (SSSR count). The van der Waals surface area contributed by atoms with E-state index < -0.39 is 37.0 Å². The highest BCUT2D eigenvalue weighted by molar-refractivity contribution is 5.81. The zero-order valence-corrected chi connectivity index (χ0v) is 10.3. The lowest BCUT2D eigenvalue weighted by Crippen LogP contribution is -2.60. The largest absolute Gasteiger partial charge is 0.396 e. The smallest absolute Gasteiger partial charge is 0.274 e. The molecular weight excluding hydrogens is 272 g/mol. The Morgan fingerprint density at radius 1 is 1.25 bits per heavy atom. The molecule has 7 nitrogen and oxygen atoms in total. The fraction of sp³-hybridized carbons (Fsp3) is 0.545. The number of nitrogen functional groups attached to an aromatic ring is 1. The summed E-state index contributed by atoms with van der Waals surface area (Å²) in [5.41, 5.74) is 6.05. The van der Waals surface area contributed by atoms with Gasteiger partial charge in [0.15, 0.2) is 11.5 Å². The number of imidazole rings is 1. The van der Waals surface area contributed by atoms with Crippen molar-refractivity contribution >= 4 is 17.0 Å². The van der Waals surface area contributed by atoms with E-state index in [-0.39, 0.29) is 17.0 Å². The van der Waals surface area contributed by atoms with Crippen molar-refractivity contribution in [3.63, 3.8) is 0 Å². The van der Waals surface area contributed by atoms with E-state index in [0.717, 1.165) is 0 Å². The van der Waals surface area contributed by atoms with Crippen LogP contribution in [0.15, 0.2) is 12.7 Å². The average Bonchev–Trinajstić information content (AvgIpc) is 2.82. The van der Waals surface area contributed by atoms with Gasteiger partial charge in [-0.1, -0.05) is 0 Å². The molecule has 2 aromatic rings. The molecule has 1 fully saturated rings. The van der Waals surface area contributed by atoms with Gasteiger partial charge in [0.1, 0.15) is 17.9 Å². The van der Waals surface area contributed by atoms with Gasteiger partial charge < -0.3 is 20.5 Å². The lowest BCUT2D eigenvalue weighted by molar-refractivity contribution is -0.238. The zero-order chi connectivity index (χ0) is 14.5. The summed E-state index contributed by atoms with van der Waals surface area (Å²) in [5, 5.41) is 18.3. The van der Waals surface area contributed by atoms with E-state index in [4.69, 9.17) is 10.8 Å².